The fraction of sp³-hybridized carbons (Fsp3) is 0.226. The van der Waals surface area contributed by atoms with E-state index in [-0.39, 0.29) is 21.7 Å². The van der Waals surface area contributed by atoms with Gasteiger partial charge in [-0.2, -0.15) is 0 Å². The van der Waals surface area contributed by atoms with Crippen molar-refractivity contribution in [1.29, 1.82) is 0 Å². The Bertz CT molecular complexity index is 3300. The van der Waals surface area contributed by atoms with E-state index in [0.717, 1.165) is 50.7 Å². The van der Waals surface area contributed by atoms with Crippen LogP contribution in [0.25, 0.3) is 44.2 Å². The first kappa shape index (κ1) is 40.9. The molecule has 0 bridgehead atoms. The largest absolute Gasteiger partial charge is 0.455 e. The van der Waals surface area contributed by atoms with E-state index >= 15 is 0 Å². The van der Waals surface area contributed by atoms with Crippen molar-refractivity contribution in [2.75, 3.05) is 9.80 Å². The second-order valence-electron chi connectivity index (χ2n) is 21.4. The smallest absolute Gasteiger partial charge is 0.144 e. The molecule has 8 aromatic carbocycles. The topological polar surface area (TPSA) is 19.6 Å². The van der Waals surface area contributed by atoms with Crippen LogP contribution >= 0.6 is 0 Å². The lowest BCUT2D eigenvalue weighted by atomic mass is 9.72. The highest BCUT2D eigenvalue weighted by molar-refractivity contribution is 6.21. The number of anilines is 6. The molecule has 0 unspecified atom stereocenters. The van der Waals surface area contributed by atoms with Crippen molar-refractivity contribution < 1.29 is 4.42 Å². The average molecular weight is 847 g/mol. The van der Waals surface area contributed by atoms with Gasteiger partial charge in [-0.15, -0.1) is 0 Å². The van der Waals surface area contributed by atoms with Crippen molar-refractivity contribution in [3.05, 3.63) is 203 Å². The number of benzene rings is 8. The minimum absolute atomic E-state index is 0.0658. The monoisotopic (exact) mass is 846 g/mol. The molecule has 0 saturated heterocycles. The van der Waals surface area contributed by atoms with Crippen molar-refractivity contribution in [1.82, 2.24) is 0 Å². The summed E-state index contributed by atoms with van der Waals surface area (Å²) in [5.41, 5.74) is 21.3. The lowest BCUT2D eigenvalue weighted by Crippen LogP contribution is -2.24. The maximum atomic E-state index is 7.10. The molecular formula is C62H58N2O. The molecule has 0 fully saturated rings. The summed E-state index contributed by atoms with van der Waals surface area (Å²) in [7, 11) is 0. The molecule has 0 radical (unpaired) electrons. The Labute approximate surface area is 385 Å². The highest BCUT2D eigenvalue weighted by Gasteiger charge is 2.49. The van der Waals surface area contributed by atoms with Gasteiger partial charge in [0, 0.05) is 61.3 Å². The van der Waals surface area contributed by atoms with Crippen molar-refractivity contribution in [3.8, 4) is 22.3 Å². The predicted octanol–water partition coefficient (Wildman–Crippen LogP) is 17.7. The van der Waals surface area contributed by atoms with Crippen molar-refractivity contribution in [2.45, 2.75) is 90.9 Å². The van der Waals surface area contributed by atoms with Crippen LogP contribution in [-0.4, -0.2) is 0 Å². The number of nitrogens with zero attached hydrogens (tertiary/aromatic N) is 2. The highest BCUT2D eigenvalue weighted by atomic mass is 16.3. The Hall–Kier alpha value is -6.84. The van der Waals surface area contributed by atoms with Crippen molar-refractivity contribution in [2.24, 2.45) is 0 Å². The summed E-state index contributed by atoms with van der Waals surface area (Å²) in [6.07, 6.45) is 0. The van der Waals surface area contributed by atoms with Crippen molar-refractivity contribution in [3.63, 3.8) is 0 Å². The molecule has 9 aromatic rings. The van der Waals surface area contributed by atoms with Gasteiger partial charge in [-0.25, -0.2) is 0 Å². The SMILES string of the molecule is CC(C)(C)c1ccc(N(c2ccccc2)c2ccc3c(c2)C(C)(C)c2c4c(c5c(oc6ccccc65)c2-3)-c2ccc(N(c3ccccc3)c3ccc(C(C)(C)C)cc3)cc2C4(C)C)cc1. The fourth-order valence-electron chi connectivity index (χ4n) is 11.1. The molecule has 0 saturated carbocycles. The van der Waals surface area contributed by atoms with Gasteiger partial charge in [0.1, 0.15) is 11.2 Å². The van der Waals surface area contributed by atoms with Gasteiger partial charge in [0.05, 0.1) is 0 Å². The Kier molecular flexibility index (Phi) is 9.02. The number of furan rings is 1. The third-order valence-electron chi connectivity index (χ3n) is 14.5. The first-order valence-corrected chi connectivity index (χ1v) is 23.3. The van der Waals surface area contributed by atoms with E-state index in [2.05, 4.69) is 249 Å². The van der Waals surface area contributed by atoms with Crippen LogP contribution in [0.5, 0.6) is 0 Å². The van der Waals surface area contributed by atoms with E-state index in [0.29, 0.717) is 0 Å². The third-order valence-corrected chi connectivity index (χ3v) is 14.5. The molecule has 3 nitrogen and oxygen atoms in total. The zero-order valence-corrected chi connectivity index (χ0v) is 39.5. The first-order valence-electron chi connectivity index (χ1n) is 23.3. The Morgan fingerprint density at radius 3 is 1.25 bits per heavy atom. The number of rotatable bonds is 6. The van der Waals surface area contributed by atoms with E-state index in [1.54, 1.807) is 0 Å². The second kappa shape index (κ2) is 14.3. The molecule has 65 heavy (non-hydrogen) atoms. The van der Waals surface area contributed by atoms with Crippen LogP contribution in [-0.2, 0) is 21.7 Å². The summed E-state index contributed by atoms with van der Waals surface area (Å²) in [5.74, 6) is 0. The van der Waals surface area contributed by atoms with Gasteiger partial charge >= 0.3 is 0 Å². The summed E-state index contributed by atoms with van der Waals surface area (Å²) in [5, 5.41) is 2.38. The van der Waals surface area contributed by atoms with E-state index in [9.17, 15) is 0 Å². The maximum absolute atomic E-state index is 7.10. The van der Waals surface area contributed by atoms with E-state index in [1.165, 1.54) is 61.0 Å². The van der Waals surface area contributed by atoms with Gasteiger partial charge < -0.3 is 14.2 Å². The molecule has 0 aliphatic heterocycles. The van der Waals surface area contributed by atoms with Gasteiger partial charge in [-0.05, 0) is 140 Å². The molecule has 3 heteroatoms. The molecule has 322 valence electrons. The van der Waals surface area contributed by atoms with Gasteiger partial charge in [-0.3, -0.25) is 0 Å². The first-order chi connectivity index (χ1) is 31.0. The lowest BCUT2D eigenvalue weighted by molar-refractivity contribution is 0.590. The summed E-state index contributed by atoms with van der Waals surface area (Å²) in [4.78, 5) is 4.82. The number of para-hydroxylation sites is 3. The quantitative estimate of drug-likeness (QED) is 0.166. The van der Waals surface area contributed by atoms with Crippen LogP contribution < -0.4 is 9.80 Å². The van der Waals surface area contributed by atoms with Gasteiger partial charge in [0.25, 0.3) is 0 Å². The Morgan fingerprint density at radius 2 is 0.785 bits per heavy atom. The third kappa shape index (κ3) is 6.30. The molecule has 0 spiro atoms. The van der Waals surface area contributed by atoms with Crippen LogP contribution in [0.1, 0.15) is 103 Å². The Balaban J connectivity index is 1.12. The Morgan fingerprint density at radius 1 is 0.400 bits per heavy atom. The number of hydrogen-bond donors (Lipinski definition) is 0. The molecule has 0 amide bonds. The number of hydrogen-bond acceptors (Lipinski definition) is 3. The van der Waals surface area contributed by atoms with Crippen LogP contribution in [0.15, 0.2) is 174 Å². The summed E-state index contributed by atoms with van der Waals surface area (Å²) < 4.78 is 7.10. The fourth-order valence-corrected chi connectivity index (χ4v) is 11.1. The highest BCUT2D eigenvalue weighted by Crippen LogP contribution is 2.64. The van der Waals surface area contributed by atoms with E-state index < -0.39 is 0 Å². The summed E-state index contributed by atoms with van der Waals surface area (Å²) in [6.45, 7) is 23.4. The zero-order chi connectivity index (χ0) is 45.2. The second-order valence-corrected chi connectivity index (χ2v) is 21.4. The lowest BCUT2D eigenvalue weighted by Gasteiger charge is -2.32. The van der Waals surface area contributed by atoms with Gasteiger partial charge in [0.15, 0.2) is 0 Å². The van der Waals surface area contributed by atoms with Crippen molar-refractivity contribution >= 4 is 56.1 Å². The molecule has 0 N–H and O–H groups in total. The van der Waals surface area contributed by atoms with Crippen LogP contribution in [0.2, 0.25) is 0 Å². The minimum atomic E-state index is -0.344. The van der Waals surface area contributed by atoms with E-state index in [4.69, 9.17) is 4.42 Å². The molecule has 2 aliphatic rings. The molecule has 2 aliphatic carbocycles. The zero-order valence-electron chi connectivity index (χ0n) is 39.5. The molecule has 1 aromatic heterocycles. The standard InChI is InChI=1S/C62H58N2O/c1-59(2,3)39-25-29-43(30-26-39)63(41-19-13-11-14-20-41)45-33-35-47-50(37-45)61(7,8)56-53(47)54-49-23-17-18-24-52(49)65-58(54)55-48-36-34-46(38-51(48)62(9,10)57(55)56)64(42-21-15-12-16-22-42)44-31-27-40(28-32-44)60(4,5)6/h11-38H,1-10H3. The molecule has 1 heterocycles. The summed E-state index contributed by atoms with van der Waals surface area (Å²) >= 11 is 0. The molecular weight excluding hydrogens is 789 g/mol. The minimum Gasteiger partial charge on any atom is -0.455 e. The normalized spacial score (nSPS) is 14.6. The molecule has 11 rings (SSSR count). The van der Waals surface area contributed by atoms with Gasteiger partial charge in [0.2, 0.25) is 0 Å². The van der Waals surface area contributed by atoms with E-state index in [1.807, 2.05) is 0 Å². The van der Waals surface area contributed by atoms with Crippen LogP contribution in [0.3, 0.4) is 0 Å². The number of fused-ring (bicyclic) bond motifs is 12. The van der Waals surface area contributed by atoms with Crippen LogP contribution in [0.4, 0.5) is 34.1 Å². The van der Waals surface area contributed by atoms with Crippen LogP contribution in [0, 0.1) is 0 Å². The summed E-state index contributed by atoms with van der Waals surface area (Å²) in [6, 6.07) is 62.8. The maximum Gasteiger partial charge on any atom is 0.144 e. The predicted molar refractivity (Wildman–Crippen MR) is 276 cm³/mol. The molecule has 0 atom stereocenters. The average Bonchev–Trinajstić information content (AvgIpc) is 3.86. The van der Waals surface area contributed by atoms with Gasteiger partial charge in [-0.1, -0.05) is 160 Å².